The maximum Gasteiger partial charge on any atom is 0.325 e. The number of methoxy groups -OCH3 is 1. The molecule has 0 bridgehead atoms. The molecule has 1 unspecified atom stereocenters. The first-order valence-electron chi connectivity index (χ1n) is 5.69. The second kappa shape index (κ2) is 6.37. The molecule has 0 aliphatic carbocycles. The van der Waals surface area contributed by atoms with Gasteiger partial charge in [-0.25, -0.2) is 0 Å². The molecule has 0 radical (unpaired) electrons. The molecule has 0 heterocycles. The van der Waals surface area contributed by atoms with Gasteiger partial charge in [-0.15, -0.1) is 0 Å². The van der Waals surface area contributed by atoms with Gasteiger partial charge in [-0.05, 0) is 24.6 Å². The maximum atomic E-state index is 11.3. The number of aliphatic hydroxyl groups is 1. The number of hydrogen-bond acceptors (Lipinski definition) is 5. The van der Waals surface area contributed by atoms with Crippen molar-refractivity contribution < 1.29 is 19.4 Å². The van der Waals surface area contributed by atoms with E-state index in [0.717, 1.165) is 5.56 Å². The van der Waals surface area contributed by atoms with Crippen LogP contribution in [-0.2, 0) is 16.1 Å². The molecule has 0 saturated heterocycles. The molecule has 0 fully saturated rings. The molecular weight excluding hydrogens is 234 g/mol. The predicted octanol–water partition coefficient (Wildman–Crippen LogP) is 0.838. The average Bonchev–Trinajstić information content (AvgIpc) is 2.38. The van der Waals surface area contributed by atoms with Gasteiger partial charge >= 0.3 is 5.97 Å². The van der Waals surface area contributed by atoms with Crippen LogP contribution in [0.4, 0.5) is 0 Å². The predicted molar refractivity (Wildman–Crippen MR) is 67.1 cm³/mol. The summed E-state index contributed by atoms with van der Waals surface area (Å²) in [5, 5.41) is 8.89. The van der Waals surface area contributed by atoms with Gasteiger partial charge < -0.3 is 20.3 Å². The van der Waals surface area contributed by atoms with Crippen molar-refractivity contribution in [3.8, 4) is 5.75 Å². The standard InChI is InChI=1S/C13H19NO4/c1-13(14,12(16)17-2)7-8-18-11-5-3-10(9-15)4-6-11/h3-6,15H,7-9,14H2,1-2H3. The minimum Gasteiger partial charge on any atom is -0.494 e. The fourth-order valence-electron chi connectivity index (χ4n) is 1.41. The van der Waals surface area contributed by atoms with Crippen molar-refractivity contribution in [3.05, 3.63) is 29.8 Å². The van der Waals surface area contributed by atoms with Crippen LogP contribution in [0.25, 0.3) is 0 Å². The second-order valence-electron chi connectivity index (χ2n) is 4.31. The molecular formula is C13H19NO4. The Hall–Kier alpha value is -1.59. The minimum atomic E-state index is -1.04. The summed E-state index contributed by atoms with van der Waals surface area (Å²) in [7, 11) is 1.31. The third-order valence-electron chi connectivity index (χ3n) is 2.65. The zero-order valence-electron chi connectivity index (χ0n) is 10.7. The number of hydrogen-bond donors (Lipinski definition) is 2. The smallest absolute Gasteiger partial charge is 0.325 e. The zero-order valence-corrected chi connectivity index (χ0v) is 10.7. The molecule has 100 valence electrons. The number of rotatable bonds is 6. The largest absolute Gasteiger partial charge is 0.494 e. The Balaban J connectivity index is 2.43. The third kappa shape index (κ3) is 4.01. The Morgan fingerprint density at radius 3 is 2.50 bits per heavy atom. The first-order valence-corrected chi connectivity index (χ1v) is 5.69. The van der Waals surface area contributed by atoms with Crippen molar-refractivity contribution in [1.29, 1.82) is 0 Å². The molecule has 0 aromatic heterocycles. The molecule has 1 aromatic carbocycles. The summed E-state index contributed by atoms with van der Waals surface area (Å²) in [5.41, 5.74) is 5.57. The summed E-state index contributed by atoms with van der Waals surface area (Å²) in [6.45, 7) is 1.93. The Bertz CT molecular complexity index is 386. The van der Waals surface area contributed by atoms with Gasteiger partial charge in [-0.1, -0.05) is 12.1 Å². The number of carbonyl (C=O) groups is 1. The van der Waals surface area contributed by atoms with Crippen LogP contribution < -0.4 is 10.5 Å². The number of benzene rings is 1. The molecule has 5 heteroatoms. The van der Waals surface area contributed by atoms with Crippen molar-refractivity contribution in [2.75, 3.05) is 13.7 Å². The molecule has 0 spiro atoms. The molecule has 1 rings (SSSR count). The summed E-state index contributed by atoms with van der Waals surface area (Å²) in [6, 6.07) is 7.07. The van der Waals surface area contributed by atoms with E-state index in [4.69, 9.17) is 15.6 Å². The van der Waals surface area contributed by atoms with E-state index in [1.54, 1.807) is 31.2 Å². The summed E-state index contributed by atoms with van der Waals surface area (Å²) in [4.78, 5) is 11.3. The van der Waals surface area contributed by atoms with Crippen LogP contribution in [0.3, 0.4) is 0 Å². The highest BCUT2D eigenvalue weighted by Gasteiger charge is 2.29. The normalized spacial score (nSPS) is 13.8. The highest BCUT2D eigenvalue weighted by Crippen LogP contribution is 2.14. The molecule has 1 aromatic rings. The molecule has 0 aliphatic rings. The molecule has 0 amide bonds. The number of carbonyl (C=O) groups excluding carboxylic acids is 1. The number of nitrogens with two attached hydrogens (primary N) is 1. The van der Waals surface area contributed by atoms with Gasteiger partial charge in [0.1, 0.15) is 11.3 Å². The summed E-state index contributed by atoms with van der Waals surface area (Å²) in [5.74, 6) is 0.217. The number of esters is 1. The third-order valence-corrected chi connectivity index (χ3v) is 2.65. The minimum absolute atomic E-state index is 0.00346. The quantitative estimate of drug-likeness (QED) is 0.734. The lowest BCUT2D eigenvalue weighted by Gasteiger charge is -2.21. The average molecular weight is 253 g/mol. The highest BCUT2D eigenvalue weighted by molar-refractivity contribution is 5.79. The fraction of sp³-hybridized carbons (Fsp3) is 0.462. The topological polar surface area (TPSA) is 81.8 Å². The molecule has 1 atom stereocenters. The Morgan fingerprint density at radius 1 is 1.39 bits per heavy atom. The molecule has 0 aliphatic heterocycles. The first-order chi connectivity index (χ1) is 8.49. The summed E-state index contributed by atoms with van der Waals surface area (Å²) in [6.07, 6.45) is 0.363. The van der Waals surface area contributed by atoms with Gasteiger partial charge in [-0.3, -0.25) is 4.79 Å². The van der Waals surface area contributed by atoms with Gasteiger partial charge in [0.15, 0.2) is 0 Å². The zero-order chi connectivity index (χ0) is 13.6. The number of ether oxygens (including phenoxy) is 2. The highest BCUT2D eigenvalue weighted by atomic mass is 16.5. The Morgan fingerprint density at radius 2 is 2.00 bits per heavy atom. The van der Waals surface area contributed by atoms with E-state index in [1.165, 1.54) is 7.11 Å². The van der Waals surface area contributed by atoms with Gasteiger partial charge in [0.05, 0.1) is 20.3 Å². The van der Waals surface area contributed by atoms with E-state index in [9.17, 15) is 4.79 Å². The van der Waals surface area contributed by atoms with Crippen LogP contribution in [0.2, 0.25) is 0 Å². The monoisotopic (exact) mass is 253 g/mol. The first kappa shape index (κ1) is 14.5. The van der Waals surface area contributed by atoms with Crippen LogP contribution in [0.5, 0.6) is 5.75 Å². The van der Waals surface area contributed by atoms with Crippen molar-refractivity contribution >= 4 is 5.97 Å². The van der Waals surface area contributed by atoms with E-state index in [0.29, 0.717) is 18.8 Å². The summed E-state index contributed by atoms with van der Waals surface area (Å²) >= 11 is 0. The second-order valence-corrected chi connectivity index (χ2v) is 4.31. The molecule has 5 nitrogen and oxygen atoms in total. The maximum absolute atomic E-state index is 11.3. The van der Waals surface area contributed by atoms with E-state index >= 15 is 0 Å². The summed E-state index contributed by atoms with van der Waals surface area (Å²) < 4.78 is 10.1. The van der Waals surface area contributed by atoms with Crippen LogP contribution in [0.15, 0.2) is 24.3 Å². The van der Waals surface area contributed by atoms with E-state index in [1.807, 2.05) is 0 Å². The van der Waals surface area contributed by atoms with Gasteiger partial charge in [0.2, 0.25) is 0 Å². The van der Waals surface area contributed by atoms with E-state index in [-0.39, 0.29) is 6.61 Å². The lowest BCUT2D eigenvalue weighted by Crippen LogP contribution is -2.46. The van der Waals surface area contributed by atoms with Crippen molar-refractivity contribution in [3.63, 3.8) is 0 Å². The van der Waals surface area contributed by atoms with Crippen molar-refractivity contribution in [1.82, 2.24) is 0 Å². The van der Waals surface area contributed by atoms with E-state index in [2.05, 4.69) is 4.74 Å². The Labute approximate surface area is 107 Å². The van der Waals surface area contributed by atoms with Crippen LogP contribution in [0, 0.1) is 0 Å². The van der Waals surface area contributed by atoms with Crippen LogP contribution in [0.1, 0.15) is 18.9 Å². The van der Waals surface area contributed by atoms with Gasteiger partial charge in [-0.2, -0.15) is 0 Å². The van der Waals surface area contributed by atoms with Crippen LogP contribution >= 0.6 is 0 Å². The molecule has 18 heavy (non-hydrogen) atoms. The van der Waals surface area contributed by atoms with E-state index < -0.39 is 11.5 Å². The van der Waals surface area contributed by atoms with Gasteiger partial charge in [0.25, 0.3) is 0 Å². The van der Waals surface area contributed by atoms with Crippen LogP contribution in [-0.4, -0.2) is 30.3 Å². The van der Waals surface area contributed by atoms with Crippen molar-refractivity contribution in [2.45, 2.75) is 25.5 Å². The lowest BCUT2D eigenvalue weighted by atomic mass is 10.0. The van der Waals surface area contributed by atoms with Gasteiger partial charge in [0, 0.05) is 6.42 Å². The fourth-order valence-corrected chi connectivity index (χ4v) is 1.41. The number of aliphatic hydroxyl groups excluding tert-OH is 1. The molecule has 3 N–H and O–H groups in total. The lowest BCUT2D eigenvalue weighted by molar-refractivity contribution is -0.146. The Kier molecular flexibility index (Phi) is 5.12. The SMILES string of the molecule is COC(=O)C(C)(N)CCOc1ccc(CO)cc1. The molecule has 0 saturated carbocycles. The van der Waals surface area contributed by atoms with Crippen molar-refractivity contribution in [2.24, 2.45) is 5.73 Å².